The SMILES string of the molecule is CN(C)c1ccc(C(=O)C(=O)OC2CCCCCCCCCCC2)cc1. The van der Waals surface area contributed by atoms with E-state index in [1.165, 1.54) is 44.9 Å². The van der Waals surface area contributed by atoms with Gasteiger partial charge in [-0.25, -0.2) is 4.79 Å². The van der Waals surface area contributed by atoms with Crippen molar-refractivity contribution in [2.24, 2.45) is 0 Å². The molecule has 0 unspecified atom stereocenters. The fraction of sp³-hybridized carbons (Fsp3) is 0.636. The van der Waals surface area contributed by atoms with E-state index < -0.39 is 11.8 Å². The van der Waals surface area contributed by atoms with Crippen molar-refractivity contribution in [1.29, 1.82) is 0 Å². The standard InChI is InChI=1S/C22H33NO3/c1-23(2)19-16-14-18(15-17-19)21(24)22(25)26-20-12-10-8-6-4-3-5-7-9-11-13-20/h14-17,20H,3-13H2,1-2H3. The summed E-state index contributed by atoms with van der Waals surface area (Å²) >= 11 is 0. The molecule has 1 aliphatic rings. The van der Waals surface area contributed by atoms with Crippen LogP contribution in [0.5, 0.6) is 0 Å². The number of carbonyl (C=O) groups is 2. The first kappa shape index (κ1) is 20.5. The molecular weight excluding hydrogens is 326 g/mol. The Kier molecular flexibility index (Phi) is 8.66. The molecule has 0 spiro atoms. The summed E-state index contributed by atoms with van der Waals surface area (Å²) in [4.78, 5) is 26.7. The molecule has 1 fully saturated rings. The summed E-state index contributed by atoms with van der Waals surface area (Å²) in [6.45, 7) is 0. The molecule has 144 valence electrons. The Labute approximate surface area is 157 Å². The largest absolute Gasteiger partial charge is 0.456 e. The molecule has 0 amide bonds. The molecule has 26 heavy (non-hydrogen) atoms. The number of hydrogen-bond donors (Lipinski definition) is 0. The van der Waals surface area contributed by atoms with E-state index in [2.05, 4.69) is 0 Å². The van der Waals surface area contributed by atoms with Gasteiger partial charge in [0, 0.05) is 25.3 Å². The van der Waals surface area contributed by atoms with Crippen LogP contribution in [0.3, 0.4) is 0 Å². The number of nitrogens with zero attached hydrogens (tertiary/aromatic N) is 1. The zero-order valence-electron chi connectivity index (χ0n) is 16.3. The van der Waals surface area contributed by atoms with E-state index in [-0.39, 0.29) is 6.10 Å². The van der Waals surface area contributed by atoms with Gasteiger partial charge in [-0.15, -0.1) is 0 Å². The average molecular weight is 360 g/mol. The Morgan fingerprint density at radius 1 is 0.808 bits per heavy atom. The summed E-state index contributed by atoms with van der Waals surface area (Å²) in [5.41, 5.74) is 1.39. The summed E-state index contributed by atoms with van der Waals surface area (Å²) < 4.78 is 5.59. The van der Waals surface area contributed by atoms with Crippen LogP contribution in [0.1, 0.15) is 81.0 Å². The number of hydrogen-bond acceptors (Lipinski definition) is 4. The summed E-state index contributed by atoms with van der Waals surface area (Å²) in [6, 6.07) is 7.08. The summed E-state index contributed by atoms with van der Waals surface area (Å²) in [5.74, 6) is -1.25. The van der Waals surface area contributed by atoms with Crippen molar-refractivity contribution in [2.75, 3.05) is 19.0 Å². The minimum absolute atomic E-state index is 0.119. The first-order valence-corrected chi connectivity index (χ1v) is 10.1. The van der Waals surface area contributed by atoms with E-state index in [4.69, 9.17) is 4.74 Å². The van der Waals surface area contributed by atoms with Gasteiger partial charge in [0.2, 0.25) is 0 Å². The van der Waals surface area contributed by atoms with Crippen LogP contribution in [-0.4, -0.2) is 32.0 Å². The molecule has 4 heteroatoms. The molecule has 0 radical (unpaired) electrons. The number of Topliss-reactive ketones (excluding diaryl/α,β-unsaturated/α-hetero) is 1. The van der Waals surface area contributed by atoms with Crippen LogP contribution in [0, 0.1) is 0 Å². The predicted molar refractivity (Wildman–Crippen MR) is 106 cm³/mol. The molecular formula is C22H33NO3. The highest BCUT2D eigenvalue weighted by Gasteiger charge is 2.22. The maximum absolute atomic E-state index is 12.4. The molecule has 0 atom stereocenters. The minimum Gasteiger partial charge on any atom is -0.456 e. The van der Waals surface area contributed by atoms with Crippen molar-refractivity contribution >= 4 is 17.4 Å². The van der Waals surface area contributed by atoms with Gasteiger partial charge in [-0.05, 0) is 49.9 Å². The van der Waals surface area contributed by atoms with Crippen molar-refractivity contribution < 1.29 is 14.3 Å². The second kappa shape index (κ2) is 11.0. The van der Waals surface area contributed by atoms with Gasteiger partial charge in [-0.3, -0.25) is 4.79 Å². The maximum Gasteiger partial charge on any atom is 0.379 e. The third kappa shape index (κ3) is 6.81. The molecule has 0 N–H and O–H groups in total. The van der Waals surface area contributed by atoms with Gasteiger partial charge in [0.15, 0.2) is 0 Å². The number of rotatable bonds is 4. The maximum atomic E-state index is 12.4. The van der Waals surface area contributed by atoms with Gasteiger partial charge in [-0.1, -0.05) is 44.9 Å². The van der Waals surface area contributed by atoms with E-state index in [9.17, 15) is 9.59 Å². The molecule has 1 aromatic carbocycles. The number of ketones is 1. The summed E-state index contributed by atoms with van der Waals surface area (Å²) in [5, 5.41) is 0. The molecule has 1 saturated carbocycles. The lowest BCUT2D eigenvalue weighted by Gasteiger charge is -2.18. The van der Waals surface area contributed by atoms with Crippen LogP contribution in [0.15, 0.2) is 24.3 Å². The Balaban J connectivity index is 1.90. The van der Waals surface area contributed by atoms with E-state index in [0.717, 1.165) is 31.4 Å². The fourth-order valence-electron chi connectivity index (χ4n) is 3.48. The van der Waals surface area contributed by atoms with Crippen LogP contribution >= 0.6 is 0 Å². The van der Waals surface area contributed by atoms with Crippen molar-refractivity contribution in [3.8, 4) is 0 Å². The first-order valence-electron chi connectivity index (χ1n) is 10.1. The smallest absolute Gasteiger partial charge is 0.379 e. The quantitative estimate of drug-likeness (QED) is 0.424. The highest BCUT2D eigenvalue weighted by molar-refractivity contribution is 6.40. The van der Waals surface area contributed by atoms with Crippen molar-refractivity contribution in [3.63, 3.8) is 0 Å². The second-order valence-corrected chi connectivity index (χ2v) is 7.56. The predicted octanol–water partition coefficient (Wildman–Crippen LogP) is 5.15. The third-order valence-electron chi connectivity index (χ3n) is 5.16. The summed E-state index contributed by atoms with van der Waals surface area (Å²) in [7, 11) is 3.88. The molecule has 4 nitrogen and oxygen atoms in total. The van der Waals surface area contributed by atoms with Gasteiger partial charge in [0.25, 0.3) is 5.78 Å². The molecule has 1 aromatic rings. The van der Waals surface area contributed by atoms with Crippen molar-refractivity contribution in [2.45, 2.75) is 76.7 Å². The van der Waals surface area contributed by atoms with Crippen LogP contribution in [0.25, 0.3) is 0 Å². The Morgan fingerprint density at radius 2 is 1.27 bits per heavy atom. The monoisotopic (exact) mass is 359 g/mol. The van der Waals surface area contributed by atoms with Gasteiger partial charge < -0.3 is 9.64 Å². The van der Waals surface area contributed by atoms with Crippen molar-refractivity contribution in [1.82, 2.24) is 0 Å². The number of ether oxygens (including phenoxy) is 1. The van der Waals surface area contributed by atoms with E-state index in [0.29, 0.717) is 5.56 Å². The molecule has 2 rings (SSSR count). The van der Waals surface area contributed by atoms with Crippen LogP contribution < -0.4 is 4.90 Å². The average Bonchev–Trinajstić information content (AvgIpc) is 2.63. The van der Waals surface area contributed by atoms with Gasteiger partial charge >= 0.3 is 5.97 Å². The fourth-order valence-corrected chi connectivity index (χ4v) is 3.48. The lowest BCUT2D eigenvalue weighted by Crippen LogP contribution is -2.25. The Bertz CT molecular complexity index is 553. The third-order valence-corrected chi connectivity index (χ3v) is 5.16. The Hall–Kier alpha value is -1.84. The molecule has 0 aliphatic heterocycles. The van der Waals surface area contributed by atoms with Gasteiger partial charge in [0.1, 0.15) is 6.10 Å². The molecule has 0 heterocycles. The summed E-state index contributed by atoms with van der Waals surface area (Å²) in [6.07, 6.45) is 12.6. The zero-order chi connectivity index (χ0) is 18.8. The Morgan fingerprint density at radius 3 is 1.73 bits per heavy atom. The lowest BCUT2D eigenvalue weighted by molar-refractivity contribution is -0.144. The molecule has 1 aliphatic carbocycles. The number of carbonyl (C=O) groups excluding carboxylic acids is 2. The zero-order valence-corrected chi connectivity index (χ0v) is 16.3. The normalized spacial score (nSPS) is 17.6. The molecule has 0 saturated heterocycles. The second-order valence-electron chi connectivity index (χ2n) is 7.56. The van der Waals surface area contributed by atoms with Crippen LogP contribution in [-0.2, 0) is 9.53 Å². The van der Waals surface area contributed by atoms with E-state index in [1.54, 1.807) is 12.1 Å². The number of benzene rings is 1. The van der Waals surface area contributed by atoms with Crippen LogP contribution in [0.4, 0.5) is 5.69 Å². The first-order chi connectivity index (χ1) is 12.6. The lowest BCUT2D eigenvalue weighted by atomic mass is 9.99. The highest BCUT2D eigenvalue weighted by atomic mass is 16.5. The van der Waals surface area contributed by atoms with E-state index in [1.807, 2.05) is 31.1 Å². The minimum atomic E-state index is -0.709. The topological polar surface area (TPSA) is 46.6 Å². The number of anilines is 1. The van der Waals surface area contributed by atoms with Gasteiger partial charge in [-0.2, -0.15) is 0 Å². The number of esters is 1. The van der Waals surface area contributed by atoms with E-state index >= 15 is 0 Å². The highest BCUT2D eigenvalue weighted by Crippen LogP contribution is 2.20. The molecule has 0 bridgehead atoms. The van der Waals surface area contributed by atoms with Crippen molar-refractivity contribution in [3.05, 3.63) is 29.8 Å². The van der Waals surface area contributed by atoms with Gasteiger partial charge in [0.05, 0.1) is 0 Å². The molecule has 0 aromatic heterocycles. The van der Waals surface area contributed by atoms with Crippen LogP contribution in [0.2, 0.25) is 0 Å².